The minimum absolute atomic E-state index is 0.0970. The van der Waals surface area contributed by atoms with Crippen LogP contribution in [0.1, 0.15) is 137 Å². The summed E-state index contributed by atoms with van der Waals surface area (Å²) in [5.74, 6) is -21.0. The highest BCUT2D eigenvalue weighted by Crippen LogP contribution is 2.24. The van der Waals surface area contributed by atoms with E-state index in [-0.39, 0.29) is 121 Å². The van der Waals surface area contributed by atoms with Gasteiger partial charge >= 0.3 is 12.0 Å². The number of aliphatic hydroxyl groups excluding tert-OH is 3. The first-order chi connectivity index (χ1) is 62.9. The molecule has 20 atom stereocenters. The van der Waals surface area contributed by atoms with Crippen molar-refractivity contribution < 1.29 is 117 Å². The highest BCUT2D eigenvalue weighted by molar-refractivity contribution is 7.81. The Hall–Kier alpha value is -12.0. The molecule has 750 valence electrons. The van der Waals surface area contributed by atoms with E-state index < -0.39 is 263 Å². The fourth-order valence-corrected chi connectivity index (χ4v) is 14.0. The second-order valence-corrected chi connectivity index (χ2v) is 34.9. The SMILES string of the molecule is CC[C@H](C)[C@H](NC(=O)[C@@H]1C[C@@H](O)CN1C(=O)[C@@H](N)C(C)C)C(=O)N[C@@H](CCN)C(=O)N[C@@H](Cc1ccc(O)cc1)C(=O)N[C@H](C(=O)N[C@@H](CC(N)=O)C(=O)N[C@@H](CCCNC(=N)N)C(=O)N[C@@H](CCN)C(=O)N[C@H](C(=O)N[C@H](CCN)C(=O)N[C@@H](CCCNC(N)=O)C(=O)N[C@@H](CS)C(=O)N[C@@H](CCN)C(=O)N[C@H](C(=O)N[C@@H](Cc1ccc(O)cc1)C(=O)O)[C@@H](C)O)[C@@H](C)O)C(C)(C)S. The Morgan fingerprint density at radius 2 is 0.813 bits per heavy atom. The molecular formula is C82H136N26O24S2. The van der Waals surface area contributed by atoms with Crippen LogP contribution in [0.4, 0.5) is 4.79 Å². The number of amides is 18. The predicted molar refractivity (Wildman–Crippen MR) is 491 cm³/mol. The third-order valence-electron chi connectivity index (χ3n) is 21.5. The fourth-order valence-electron chi connectivity index (χ4n) is 13.6. The van der Waals surface area contributed by atoms with Gasteiger partial charge in [0.15, 0.2) is 5.96 Å². The molecule has 52 heteroatoms. The van der Waals surface area contributed by atoms with E-state index in [4.69, 9.17) is 51.3 Å². The molecule has 1 aliphatic rings. The van der Waals surface area contributed by atoms with Crippen molar-refractivity contribution in [3.8, 4) is 11.5 Å². The summed E-state index contributed by atoms with van der Waals surface area (Å²) in [6, 6.07) is -16.4. The van der Waals surface area contributed by atoms with E-state index >= 15 is 0 Å². The quantitative estimate of drug-likeness (QED) is 0.0127. The van der Waals surface area contributed by atoms with Crippen LogP contribution in [0.25, 0.3) is 0 Å². The summed E-state index contributed by atoms with van der Waals surface area (Å²) < 4.78 is -1.63. The number of β-amino-alcohol motifs (C(OH)–C–C–N with tert-alkyl or cyclic N) is 1. The number of guanidine groups is 1. The summed E-state index contributed by atoms with van der Waals surface area (Å²) in [4.78, 5) is 252. The number of nitrogens with zero attached hydrogens (tertiary/aromatic N) is 1. The number of aromatic hydroxyl groups is 2. The van der Waals surface area contributed by atoms with Gasteiger partial charge in [0.1, 0.15) is 102 Å². The second kappa shape index (κ2) is 57.5. The number of carboxylic acid groups (broad SMARTS) is 1. The van der Waals surface area contributed by atoms with E-state index in [9.17, 15) is 117 Å². The molecule has 1 aliphatic heterocycles. The molecule has 0 saturated carbocycles. The van der Waals surface area contributed by atoms with Gasteiger partial charge in [-0.3, -0.25) is 82.1 Å². The Morgan fingerprint density at radius 1 is 0.470 bits per heavy atom. The summed E-state index contributed by atoms with van der Waals surface area (Å²) in [6.07, 6.45) is -8.47. The molecule has 50 nitrogen and oxygen atoms in total. The van der Waals surface area contributed by atoms with Crippen molar-refractivity contribution in [2.75, 3.05) is 51.6 Å². The number of carboxylic acids is 1. The second-order valence-electron chi connectivity index (χ2n) is 33.4. The molecular weight excluding hydrogens is 1800 g/mol. The molecule has 0 radical (unpaired) electrons. The molecule has 0 unspecified atom stereocenters. The van der Waals surface area contributed by atoms with E-state index in [0.717, 1.165) is 18.7 Å². The van der Waals surface area contributed by atoms with Gasteiger partial charge < -0.3 is 166 Å². The number of phenolic OH excluding ortho intramolecular Hbond substituents is 2. The maximum Gasteiger partial charge on any atom is 0.326 e. The molecule has 2 aromatic rings. The number of aliphatic hydroxyl groups is 3. The molecule has 0 spiro atoms. The Morgan fingerprint density at radius 3 is 1.18 bits per heavy atom. The number of rotatable bonds is 59. The molecule has 0 aliphatic carbocycles. The first-order valence-electron chi connectivity index (χ1n) is 43.5. The van der Waals surface area contributed by atoms with Crippen LogP contribution in [0.2, 0.25) is 0 Å². The van der Waals surface area contributed by atoms with Gasteiger partial charge in [-0.05, 0) is 152 Å². The number of carbonyl (C=O) groups excluding carboxylic acids is 17. The van der Waals surface area contributed by atoms with Gasteiger partial charge in [0.2, 0.25) is 94.5 Å². The average Bonchev–Trinajstić information content (AvgIpc) is 1.72. The van der Waals surface area contributed by atoms with E-state index in [2.05, 4.69) is 110 Å². The number of phenols is 2. The standard InChI is InChI=1S/C82H136N26O24S2/c1-9-39(4)60(104-73(124)57-34-46(113)36-108(57)78(129)59(88)38(2)3)74(125)98-50(23-27-84)67(118)100-53(32-42-14-18-44(111)19-15-42)71(122)107-63(82(7,8)134)77(128)101-54(35-58(87)114)70(121)95-47(12-10-30-92-80(89)90)64(115)96-51(24-28-85)68(119)105-61(40(5)109)75(126)99-49(22-26-83)66(117)94-48(13-11-31-93-81(91)132)65(116)103-56(37-133)72(123)97-52(25-29-86)69(120)106-62(41(6)110)76(127)102-55(79(130)131)33-43-16-20-45(112)21-17-43/h14-21,38-41,46-57,59-63,109-113,133-134H,9-13,22-37,83-86,88H2,1-8H3,(H2,87,114)(H,94,117)(H,95,121)(H,96,115)(H,97,123)(H,98,125)(H,99,126)(H,100,118)(H,101,128)(H,102,127)(H,103,116)(H,104,124)(H,105,119)(H,106,120)(H,107,122)(H,130,131)(H4,89,90,92)(H3,91,93,132)/t39-,40+,41+,46+,47-,48-,49+,50-,51-,52-,53-,54-,55-,56-,57-,59-,60-,61-,62-,63+/m0/s1. The Kier molecular flexibility index (Phi) is 49.8. The van der Waals surface area contributed by atoms with Gasteiger partial charge in [0.05, 0.1) is 30.8 Å². The molecule has 1 saturated heterocycles. The van der Waals surface area contributed by atoms with Gasteiger partial charge in [-0.25, -0.2) is 9.59 Å². The zero-order chi connectivity index (χ0) is 101. The first kappa shape index (κ1) is 116. The monoisotopic (exact) mass is 1930 g/mol. The number of nitrogens with two attached hydrogens (primary N) is 8. The molecule has 3 rings (SSSR count). The maximum absolute atomic E-state index is 14.9. The van der Waals surface area contributed by atoms with Crippen molar-refractivity contribution >= 4 is 138 Å². The topological polar surface area (TPSA) is 856 Å². The summed E-state index contributed by atoms with van der Waals surface area (Å²) in [7, 11) is 0. The molecule has 1 fully saturated rings. The molecule has 0 bridgehead atoms. The van der Waals surface area contributed by atoms with Crippen LogP contribution in [0.5, 0.6) is 11.5 Å². The van der Waals surface area contributed by atoms with Gasteiger partial charge in [0.25, 0.3) is 0 Å². The van der Waals surface area contributed by atoms with Crippen molar-refractivity contribution in [3.63, 3.8) is 0 Å². The number of hydrogen-bond donors (Lipinski definition) is 33. The molecule has 0 aromatic heterocycles. The number of hydrogen-bond acceptors (Lipinski definition) is 31. The van der Waals surface area contributed by atoms with Gasteiger partial charge in [0, 0.05) is 49.4 Å². The van der Waals surface area contributed by atoms with Crippen LogP contribution in [0.3, 0.4) is 0 Å². The highest BCUT2D eigenvalue weighted by Gasteiger charge is 2.45. The summed E-state index contributed by atoms with van der Waals surface area (Å²) in [5.41, 5.74) is 46.9. The Bertz CT molecular complexity index is 4330. The minimum Gasteiger partial charge on any atom is -0.508 e. The summed E-state index contributed by atoms with van der Waals surface area (Å²) in [5, 5.41) is 109. The average molecular weight is 1930 g/mol. The lowest BCUT2D eigenvalue weighted by atomic mass is 9.96. The number of benzene rings is 2. The zero-order valence-electron chi connectivity index (χ0n) is 76.1. The van der Waals surface area contributed by atoms with Gasteiger partial charge in [-0.15, -0.1) is 0 Å². The first-order valence-corrected chi connectivity index (χ1v) is 44.6. The summed E-state index contributed by atoms with van der Waals surface area (Å²) >= 11 is 8.81. The fraction of sp³-hybridized carbons (Fsp3) is 0.622. The lowest BCUT2D eigenvalue weighted by molar-refractivity contribution is -0.143. The lowest BCUT2D eigenvalue weighted by Crippen LogP contribution is -2.64. The lowest BCUT2D eigenvalue weighted by Gasteiger charge is -2.33. The Labute approximate surface area is 785 Å². The largest absolute Gasteiger partial charge is 0.508 e. The third kappa shape index (κ3) is 39.2. The maximum atomic E-state index is 14.9. The van der Waals surface area contributed by atoms with Crippen molar-refractivity contribution in [2.45, 2.75) is 259 Å². The van der Waals surface area contributed by atoms with Gasteiger partial charge in [-0.1, -0.05) is 58.4 Å². The molecule has 39 N–H and O–H groups in total. The molecule has 1 heterocycles. The van der Waals surface area contributed by atoms with E-state index in [1.807, 2.05) is 0 Å². The highest BCUT2D eigenvalue weighted by atomic mass is 32.1. The van der Waals surface area contributed by atoms with Crippen LogP contribution >= 0.6 is 25.3 Å². The molecule has 2 aromatic carbocycles. The van der Waals surface area contributed by atoms with Crippen molar-refractivity contribution in [2.24, 2.45) is 57.7 Å². The number of carbonyl (C=O) groups is 18. The predicted octanol–water partition coefficient (Wildman–Crippen LogP) is -10.9. The van der Waals surface area contributed by atoms with Crippen LogP contribution in [-0.4, -0.2) is 319 Å². The third-order valence-corrected chi connectivity index (χ3v) is 22.1. The number of primary amides is 2. The molecule has 134 heavy (non-hydrogen) atoms. The minimum atomic E-state index is -2.01. The number of urea groups is 1. The number of aliphatic carboxylic acids is 1. The van der Waals surface area contributed by atoms with E-state index in [1.54, 1.807) is 27.7 Å². The number of nitrogens with one attached hydrogen (secondary N) is 17. The summed E-state index contributed by atoms with van der Waals surface area (Å²) in [6.45, 7) is 9.91. The van der Waals surface area contributed by atoms with Crippen molar-refractivity contribution in [1.29, 1.82) is 5.41 Å². The van der Waals surface area contributed by atoms with Crippen LogP contribution in [0.15, 0.2) is 48.5 Å². The van der Waals surface area contributed by atoms with Gasteiger partial charge in [-0.2, -0.15) is 25.3 Å². The van der Waals surface area contributed by atoms with Crippen molar-refractivity contribution in [1.82, 2.24) is 90.0 Å². The van der Waals surface area contributed by atoms with Crippen LogP contribution < -0.4 is 131 Å². The zero-order valence-corrected chi connectivity index (χ0v) is 77.9. The van der Waals surface area contributed by atoms with E-state index in [0.29, 0.717) is 17.5 Å². The smallest absolute Gasteiger partial charge is 0.326 e. The van der Waals surface area contributed by atoms with Crippen LogP contribution in [0, 0.1) is 17.2 Å². The number of likely N-dealkylation sites (tertiary alicyclic amines) is 1. The number of thiol groups is 2. The Balaban J connectivity index is 1.94. The van der Waals surface area contributed by atoms with Crippen molar-refractivity contribution in [3.05, 3.63) is 59.7 Å². The van der Waals surface area contributed by atoms with E-state index in [1.165, 1.54) is 62.4 Å². The molecule has 18 amide bonds. The van der Waals surface area contributed by atoms with Crippen LogP contribution in [-0.2, 0) is 94.3 Å². The normalized spacial score (nSPS) is 17.1.